The number of hydrogen-bond acceptors (Lipinski definition) is 3. The molecule has 2 fully saturated rings. The number of rotatable bonds is 5. The van der Waals surface area contributed by atoms with Crippen LogP contribution in [-0.2, 0) is 11.3 Å². The molecule has 2 saturated heterocycles. The van der Waals surface area contributed by atoms with Crippen LogP contribution in [0, 0.1) is 12.7 Å². The minimum Gasteiger partial charge on any atom is -0.357 e. The molecule has 2 aliphatic heterocycles. The fraction of sp³-hybridized carbons (Fsp3) is 0.636. The van der Waals surface area contributed by atoms with E-state index in [1.54, 1.807) is 19.1 Å². The molecule has 0 aromatic heterocycles. The number of halogens is 1. The lowest BCUT2D eigenvalue weighted by molar-refractivity contribution is -0.135. The number of guanidine groups is 1. The van der Waals surface area contributed by atoms with Crippen LogP contribution >= 0.6 is 0 Å². The molecule has 1 amide bonds. The highest BCUT2D eigenvalue weighted by Gasteiger charge is 2.30. The molecule has 1 unspecified atom stereocenters. The molecular formula is C22H34FN5O. The molecule has 3 rings (SSSR count). The number of piperazine rings is 1. The summed E-state index contributed by atoms with van der Waals surface area (Å²) in [7, 11) is 0. The molecule has 1 N–H and O–H groups in total. The van der Waals surface area contributed by atoms with Crippen LogP contribution in [-0.4, -0.2) is 78.4 Å². The predicted octanol–water partition coefficient (Wildman–Crippen LogP) is 2.23. The van der Waals surface area contributed by atoms with Crippen molar-refractivity contribution >= 4 is 11.9 Å². The number of carbonyl (C=O) groups is 1. The third kappa shape index (κ3) is 5.47. The molecule has 7 heteroatoms. The van der Waals surface area contributed by atoms with Crippen LogP contribution in [0.3, 0.4) is 0 Å². The molecule has 160 valence electrons. The summed E-state index contributed by atoms with van der Waals surface area (Å²) in [5, 5.41) is 3.35. The van der Waals surface area contributed by atoms with E-state index in [-0.39, 0.29) is 17.8 Å². The molecule has 0 bridgehead atoms. The Kier molecular flexibility index (Phi) is 7.47. The number of likely N-dealkylation sites (tertiary alicyclic amines) is 1. The third-order valence-electron chi connectivity index (χ3n) is 5.92. The number of nitrogens with zero attached hydrogens (tertiary/aromatic N) is 4. The first kappa shape index (κ1) is 21.6. The number of hydrogen-bond donors (Lipinski definition) is 1. The van der Waals surface area contributed by atoms with Gasteiger partial charge in [-0.25, -0.2) is 9.38 Å². The summed E-state index contributed by atoms with van der Waals surface area (Å²) in [5.41, 5.74) is 1.52. The van der Waals surface area contributed by atoms with Gasteiger partial charge in [0.2, 0.25) is 5.91 Å². The van der Waals surface area contributed by atoms with Gasteiger partial charge in [0.1, 0.15) is 5.82 Å². The van der Waals surface area contributed by atoms with E-state index < -0.39 is 0 Å². The normalized spacial score (nSPS) is 19.5. The van der Waals surface area contributed by atoms with Gasteiger partial charge in [-0.15, -0.1) is 0 Å². The first-order valence-electron chi connectivity index (χ1n) is 10.8. The molecule has 0 aliphatic carbocycles. The highest BCUT2D eigenvalue weighted by molar-refractivity contribution is 5.82. The number of aryl methyl sites for hydroxylation is 1. The number of amides is 1. The number of carbonyl (C=O) groups excluding carboxylic acids is 1. The maximum absolute atomic E-state index is 13.8. The average Bonchev–Trinajstić information content (AvgIpc) is 3.27. The van der Waals surface area contributed by atoms with Gasteiger partial charge < -0.3 is 15.1 Å². The monoisotopic (exact) mass is 403 g/mol. The van der Waals surface area contributed by atoms with Crippen molar-refractivity contribution in [1.82, 2.24) is 20.0 Å². The van der Waals surface area contributed by atoms with Gasteiger partial charge in [-0.05, 0) is 50.8 Å². The Hall–Kier alpha value is -2.15. The van der Waals surface area contributed by atoms with Gasteiger partial charge in [0.05, 0.1) is 12.6 Å². The summed E-state index contributed by atoms with van der Waals surface area (Å²) >= 11 is 0. The van der Waals surface area contributed by atoms with Crippen LogP contribution in [0.4, 0.5) is 4.39 Å². The second kappa shape index (κ2) is 10.1. The third-order valence-corrected chi connectivity index (χ3v) is 5.92. The van der Waals surface area contributed by atoms with E-state index >= 15 is 0 Å². The highest BCUT2D eigenvalue weighted by Crippen LogP contribution is 2.15. The van der Waals surface area contributed by atoms with Gasteiger partial charge >= 0.3 is 0 Å². The topological polar surface area (TPSA) is 51.2 Å². The van der Waals surface area contributed by atoms with E-state index in [1.807, 2.05) is 24.8 Å². The van der Waals surface area contributed by atoms with Crippen LogP contribution in [0.1, 0.15) is 37.8 Å². The Balaban J connectivity index is 1.57. The van der Waals surface area contributed by atoms with Crippen molar-refractivity contribution in [3.8, 4) is 0 Å². The quantitative estimate of drug-likeness (QED) is 0.605. The molecule has 0 spiro atoms. The Morgan fingerprint density at radius 3 is 2.45 bits per heavy atom. The summed E-state index contributed by atoms with van der Waals surface area (Å²) in [6.45, 7) is 12.2. The van der Waals surface area contributed by atoms with Crippen LogP contribution in [0.5, 0.6) is 0 Å². The minimum atomic E-state index is -0.187. The number of aliphatic imine (C=N–C) groups is 1. The second-order valence-electron chi connectivity index (χ2n) is 7.99. The highest BCUT2D eigenvalue weighted by atomic mass is 19.1. The van der Waals surface area contributed by atoms with Crippen molar-refractivity contribution in [1.29, 1.82) is 0 Å². The van der Waals surface area contributed by atoms with Crippen molar-refractivity contribution in [2.24, 2.45) is 4.99 Å². The van der Waals surface area contributed by atoms with Crippen molar-refractivity contribution in [2.75, 3.05) is 45.8 Å². The van der Waals surface area contributed by atoms with Gasteiger partial charge in [0.15, 0.2) is 5.96 Å². The Labute approximate surface area is 173 Å². The molecule has 1 atom stereocenters. The van der Waals surface area contributed by atoms with Gasteiger partial charge in [-0.3, -0.25) is 9.69 Å². The van der Waals surface area contributed by atoms with E-state index in [9.17, 15) is 9.18 Å². The van der Waals surface area contributed by atoms with E-state index in [0.29, 0.717) is 12.1 Å². The zero-order valence-corrected chi connectivity index (χ0v) is 18.0. The summed E-state index contributed by atoms with van der Waals surface area (Å²) in [4.78, 5) is 23.9. The zero-order chi connectivity index (χ0) is 20.8. The van der Waals surface area contributed by atoms with Crippen LogP contribution in [0.2, 0.25) is 0 Å². The molecule has 29 heavy (non-hydrogen) atoms. The molecular weight excluding hydrogens is 369 g/mol. The van der Waals surface area contributed by atoms with Crippen LogP contribution in [0.15, 0.2) is 23.2 Å². The molecule has 2 heterocycles. The van der Waals surface area contributed by atoms with E-state index in [1.165, 1.54) is 0 Å². The molecule has 1 aromatic carbocycles. The van der Waals surface area contributed by atoms with Gasteiger partial charge in [-0.1, -0.05) is 12.1 Å². The average molecular weight is 404 g/mol. The first-order valence-corrected chi connectivity index (χ1v) is 10.8. The van der Waals surface area contributed by atoms with Gasteiger partial charge in [-0.2, -0.15) is 0 Å². The lowest BCUT2D eigenvalue weighted by Gasteiger charge is -2.39. The summed E-state index contributed by atoms with van der Waals surface area (Å²) < 4.78 is 13.8. The number of benzene rings is 1. The minimum absolute atomic E-state index is 0.0645. The van der Waals surface area contributed by atoms with E-state index in [4.69, 9.17) is 4.99 Å². The predicted molar refractivity (Wildman–Crippen MR) is 114 cm³/mol. The summed E-state index contributed by atoms with van der Waals surface area (Å²) in [6.07, 6.45) is 2.25. The summed E-state index contributed by atoms with van der Waals surface area (Å²) in [6, 6.07) is 5.22. The molecule has 0 saturated carbocycles. The molecule has 0 radical (unpaired) electrons. The SMILES string of the molecule is CCNC(=NCc1ccc(C)c(F)c1)N1CCN(C(C)C(=O)N2CCCC2)CC1. The molecule has 6 nitrogen and oxygen atoms in total. The largest absolute Gasteiger partial charge is 0.357 e. The Morgan fingerprint density at radius 2 is 1.83 bits per heavy atom. The van der Waals surface area contributed by atoms with Crippen molar-refractivity contribution < 1.29 is 9.18 Å². The smallest absolute Gasteiger partial charge is 0.239 e. The lowest BCUT2D eigenvalue weighted by Crippen LogP contribution is -2.57. The van der Waals surface area contributed by atoms with Crippen molar-refractivity contribution in [3.63, 3.8) is 0 Å². The maximum atomic E-state index is 13.8. The fourth-order valence-corrected chi connectivity index (χ4v) is 4.01. The maximum Gasteiger partial charge on any atom is 0.239 e. The Bertz CT molecular complexity index is 724. The van der Waals surface area contributed by atoms with E-state index in [2.05, 4.69) is 15.1 Å². The Morgan fingerprint density at radius 1 is 1.14 bits per heavy atom. The molecule has 1 aromatic rings. The second-order valence-corrected chi connectivity index (χ2v) is 7.99. The van der Waals surface area contributed by atoms with Crippen LogP contribution in [0.25, 0.3) is 0 Å². The first-order chi connectivity index (χ1) is 14.0. The van der Waals surface area contributed by atoms with Gasteiger partial charge in [0.25, 0.3) is 0 Å². The van der Waals surface area contributed by atoms with Crippen molar-refractivity contribution in [2.45, 2.75) is 46.2 Å². The number of nitrogens with one attached hydrogen (secondary N) is 1. The van der Waals surface area contributed by atoms with E-state index in [0.717, 1.165) is 70.2 Å². The van der Waals surface area contributed by atoms with Crippen LogP contribution < -0.4 is 5.32 Å². The molecule has 2 aliphatic rings. The van der Waals surface area contributed by atoms with Crippen molar-refractivity contribution in [3.05, 3.63) is 35.1 Å². The summed E-state index contributed by atoms with van der Waals surface area (Å²) in [5.74, 6) is 0.928. The fourth-order valence-electron chi connectivity index (χ4n) is 4.01. The van der Waals surface area contributed by atoms with Gasteiger partial charge in [0, 0.05) is 45.8 Å². The standard InChI is InChI=1S/C22H34FN5O/c1-4-24-22(25-16-19-8-7-17(2)20(23)15-19)28-13-11-26(12-14-28)18(3)21(29)27-9-5-6-10-27/h7-8,15,18H,4-6,9-14,16H2,1-3H3,(H,24,25). The zero-order valence-electron chi connectivity index (χ0n) is 18.0. The lowest BCUT2D eigenvalue weighted by atomic mass is 10.1.